The highest BCUT2D eigenvalue weighted by Crippen LogP contribution is 2.29. The molecule has 0 aliphatic carbocycles. The van der Waals surface area contributed by atoms with Crippen molar-refractivity contribution in [2.24, 2.45) is 5.92 Å². The molecule has 1 nitrogen and oxygen atoms in total. The Bertz CT molecular complexity index is 568. The lowest BCUT2D eigenvalue weighted by Gasteiger charge is -2.15. The Morgan fingerprint density at radius 1 is 1.26 bits per heavy atom. The maximum absolute atomic E-state index is 3.58. The SMILES string of the molecule is CCCCC(C)Cn1c(C)c(C)c2cc(Br)ccc21. The smallest absolute Gasteiger partial charge is 0.0486 e. The van der Waals surface area contributed by atoms with Gasteiger partial charge in [-0.2, -0.15) is 0 Å². The number of aryl methyl sites for hydroxylation is 1. The van der Waals surface area contributed by atoms with E-state index in [0.29, 0.717) is 0 Å². The largest absolute Gasteiger partial charge is 0.344 e. The van der Waals surface area contributed by atoms with E-state index >= 15 is 0 Å². The summed E-state index contributed by atoms with van der Waals surface area (Å²) < 4.78 is 3.66. The number of aromatic nitrogens is 1. The predicted molar refractivity (Wildman–Crippen MR) is 87.8 cm³/mol. The van der Waals surface area contributed by atoms with Crippen molar-refractivity contribution in [3.05, 3.63) is 33.9 Å². The zero-order valence-electron chi connectivity index (χ0n) is 12.5. The van der Waals surface area contributed by atoms with Crippen LogP contribution in [0.3, 0.4) is 0 Å². The van der Waals surface area contributed by atoms with Gasteiger partial charge in [0, 0.05) is 27.6 Å². The fourth-order valence-corrected chi connectivity index (χ4v) is 3.17. The van der Waals surface area contributed by atoms with Gasteiger partial charge in [0.15, 0.2) is 0 Å². The molecule has 2 rings (SSSR count). The van der Waals surface area contributed by atoms with Crippen LogP contribution in [0.2, 0.25) is 0 Å². The summed E-state index contributed by atoms with van der Waals surface area (Å²) in [5.74, 6) is 0.747. The van der Waals surface area contributed by atoms with Gasteiger partial charge in [0.2, 0.25) is 0 Å². The van der Waals surface area contributed by atoms with Crippen LogP contribution >= 0.6 is 15.9 Å². The summed E-state index contributed by atoms with van der Waals surface area (Å²) in [6.07, 6.45) is 3.96. The molecule has 0 bridgehead atoms. The highest BCUT2D eigenvalue weighted by Gasteiger charge is 2.13. The van der Waals surface area contributed by atoms with Crippen molar-refractivity contribution in [1.29, 1.82) is 0 Å². The van der Waals surface area contributed by atoms with Gasteiger partial charge in [0.05, 0.1) is 0 Å². The zero-order chi connectivity index (χ0) is 14.0. The van der Waals surface area contributed by atoms with Gasteiger partial charge in [-0.1, -0.05) is 42.6 Å². The van der Waals surface area contributed by atoms with Crippen LogP contribution in [0.25, 0.3) is 10.9 Å². The van der Waals surface area contributed by atoms with Crippen LogP contribution in [0.1, 0.15) is 44.4 Å². The van der Waals surface area contributed by atoms with E-state index in [9.17, 15) is 0 Å². The molecular weight excluding hydrogens is 298 g/mol. The molecule has 0 spiro atoms. The van der Waals surface area contributed by atoms with Crippen LogP contribution < -0.4 is 0 Å². The molecule has 19 heavy (non-hydrogen) atoms. The number of benzene rings is 1. The van der Waals surface area contributed by atoms with Crippen molar-refractivity contribution < 1.29 is 0 Å². The fourth-order valence-electron chi connectivity index (χ4n) is 2.81. The maximum Gasteiger partial charge on any atom is 0.0486 e. The zero-order valence-corrected chi connectivity index (χ0v) is 14.0. The lowest BCUT2D eigenvalue weighted by Crippen LogP contribution is -2.09. The van der Waals surface area contributed by atoms with Crippen molar-refractivity contribution in [3.63, 3.8) is 0 Å². The summed E-state index contributed by atoms with van der Waals surface area (Å²) in [6, 6.07) is 6.63. The van der Waals surface area contributed by atoms with Crippen LogP contribution in [0.15, 0.2) is 22.7 Å². The lowest BCUT2D eigenvalue weighted by atomic mass is 10.0. The highest BCUT2D eigenvalue weighted by atomic mass is 79.9. The van der Waals surface area contributed by atoms with Crippen molar-refractivity contribution in [2.75, 3.05) is 0 Å². The summed E-state index contributed by atoms with van der Waals surface area (Å²) in [6.45, 7) is 10.3. The normalized spacial score (nSPS) is 13.1. The number of fused-ring (bicyclic) bond motifs is 1. The van der Waals surface area contributed by atoms with Gasteiger partial charge >= 0.3 is 0 Å². The van der Waals surface area contributed by atoms with Crippen molar-refractivity contribution in [2.45, 2.75) is 53.5 Å². The van der Waals surface area contributed by atoms with Gasteiger partial charge in [-0.25, -0.2) is 0 Å². The minimum Gasteiger partial charge on any atom is -0.344 e. The van der Waals surface area contributed by atoms with E-state index in [1.165, 1.54) is 45.9 Å². The summed E-state index contributed by atoms with van der Waals surface area (Å²) >= 11 is 3.58. The average molecular weight is 322 g/mol. The van der Waals surface area contributed by atoms with Gasteiger partial charge in [-0.05, 0) is 49.9 Å². The third-order valence-electron chi connectivity index (χ3n) is 4.15. The summed E-state index contributed by atoms with van der Waals surface area (Å²) in [5.41, 5.74) is 4.21. The summed E-state index contributed by atoms with van der Waals surface area (Å²) in [5, 5.41) is 1.38. The molecule has 0 aliphatic heterocycles. The molecule has 104 valence electrons. The first-order chi connectivity index (χ1) is 9.04. The molecule has 0 aliphatic rings. The number of hydrogen-bond acceptors (Lipinski definition) is 0. The highest BCUT2D eigenvalue weighted by molar-refractivity contribution is 9.10. The first-order valence-corrected chi connectivity index (χ1v) is 8.08. The third-order valence-corrected chi connectivity index (χ3v) is 4.64. The summed E-state index contributed by atoms with van der Waals surface area (Å²) in [7, 11) is 0. The second-order valence-electron chi connectivity index (χ2n) is 5.73. The molecule has 1 aromatic carbocycles. The first kappa shape index (κ1) is 14.6. The maximum atomic E-state index is 3.58. The van der Waals surface area contributed by atoms with E-state index in [1.807, 2.05) is 0 Å². The van der Waals surface area contributed by atoms with Gasteiger partial charge in [-0.3, -0.25) is 0 Å². The number of nitrogens with zero attached hydrogens (tertiary/aromatic N) is 1. The molecular formula is C17H24BrN. The van der Waals surface area contributed by atoms with Crippen LogP contribution in [-0.2, 0) is 6.54 Å². The molecule has 0 saturated carbocycles. The molecule has 2 heteroatoms. The minimum absolute atomic E-state index is 0.747. The van der Waals surface area contributed by atoms with E-state index in [2.05, 4.69) is 66.4 Å². The third kappa shape index (κ3) is 3.05. The number of hydrogen-bond donors (Lipinski definition) is 0. The van der Waals surface area contributed by atoms with Crippen LogP contribution in [0, 0.1) is 19.8 Å². The van der Waals surface area contributed by atoms with Crippen LogP contribution in [-0.4, -0.2) is 4.57 Å². The molecule has 1 atom stereocenters. The molecule has 0 saturated heterocycles. The van der Waals surface area contributed by atoms with Gasteiger partial charge in [0.25, 0.3) is 0 Å². The molecule has 0 N–H and O–H groups in total. The monoisotopic (exact) mass is 321 g/mol. The molecule has 0 radical (unpaired) electrons. The van der Waals surface area contributed by atoms with Crippen LogP contribution in [0.5, 0.6) is 0 Å². The van der Waals surface area contributed by atoms with Crippen LogP contribution in [0.4, 0.5) is 0 Å². The molecule has 1 aromatic heterocycles. The second kappa shape index (κ2) is 6.13. The van der Waals surface area contributed by atoms with Gasteiger partial charge in [0.1, 0.15) is 0 Å². The van der Waals surface area contributed by atoms with Crippen molar-refractivity contribution >= 4 is 26.8 Å². The molecule has 1 unspecified atom stereocenters. The standard InChI is InChI=1S/C17H24BrN/c1-5-6-7-12(2)11-19-14(4)13(3)16-10-15(18)8-9-17(16)19/h8-10,12H,5-7,11H2,1-4H3. The first-order valence-electron chi connectivity index (χ1n) is 7.29. The van der Waals surface area contributed by atoms with E-state index in [0.717, 1.165) is 12.5 Å². The Morgan fingerprint density at radius 3 is 2.68 bits per heavy atom. The molecule has 0 fully saturated rings. The molecule has 2 aromatic rings. The van der Waals surface area contributed by atoms with Crippen molar-refractivity contribution in [1.82, 2.24) is 4.57 Å². The Morgan fingerprint density at radius 2 is 2.00 bits per heavy atom. The van der Waals surface area contributed by atoms with Crippen molar-refractivity contribution in [3.8, 4) is 0 Å². The Labute approximate surface area is 125 Å². The molecule has 1 heterocycles. The minimum atomic E-state index is 0.747. The van der Waals surface area contributed by atoms with E-state index in [4.69, 9.17) is 0 Å². The number of halogens is 1. The number of unbranched alkanes of at least 4 members (excludes halogenated alkanes) is 1. The predicted octanol–water partition coefficient (Wildman–Crippen LogP) is 5.85. The Kier molecular flexibility index (Phi) is 4.72. The number of rotatable bonds is 5. The second-order valence-corrected chi connectivity index (χ2v) is 6.65. The quantitative estimate of drug-likeness (QED) is 0.651. The molecule has 0 amide bonds. The lowest BCUT2D eigenvalue weighted by molar-refractivity contribution is 0.438. The van der Waals surface area contributed by atoms with E-state index in [1.54, 1.807) is 0 Å². The summed E-state index contributed by atoms with van der Waals surface area (Å²) in [4.78, 5) is 0. The topological polar surface area (TPSA) is 4.93 Å². The van der Waals surface area contributed by atoms with Gasteiger partial charge in [-0.15, -0.1) is 0 Å². The van der Waals surface area contributed by atoms with E-state index in [-0.39, 0.29) is 0 Å². The Balaban J connectivity index is 2.35. The Hall–Kier alpha value is -0.760. The van der Waals surface area contributed by atoms with Gasteiger partial charge < -0.3 is 4.57 Å². The average Bonchev–Trinajstić information content (AvgIpc) is 2.61. The fraction of sp³-hybridized carbons (Fsp3) is 0.529. The van der Waals surface area contributed by atoms with E-state index < -0.39 is 0 Å².